The number of hydrogen-bond donors (Lipinski definition) is 1. The van der Waals surface area contributed by atoms with E-state index in [1.165, 1.54) is 38.5 Å². The fraction of sp³-hybridized carbons (Fsp3) is 0.875. The molecule has 0 spiro atoms. The van der Waals surface area contributed by atoms with E-state index in [1.807, 2.05) is 0 Å². The van der Waals surface area contributed by atoms with Gasteiger partial charge in [0.05, 0.1) is 18.8 Å². The predicted octanol–water partition coefficient (Wildman–Crippen LogP) is 3.70. The minimum Gasteiger partial charge on any atom is -0.481 e. The molecular weight excluding hydrogens is 252 g/mol. The molecule has 4 nitrogen and oxygen atoms in total. The molecule has 0 bridgehead atoms. The maximum atomic E-state index is 10.9. The van der Waals surface area contributed by atoms with Gasteiger partial charge in [0.1, 0.15) is 0 Å². The third-order valence-electron chi connectivity index (χ3n) is 4.04. The number of unbranched alkanes of at least 4 members (excludes halogenated alkanes) is 5. The van der Waals surface area contributed by atoms with Gasteiger partial charge in [0.25, 0.3) is 0 Å². The fourth-order valence-corrected chi connectivity index (χ4v) is 2.86. The Labute approximate surface area is 123 Å². The Bertz CT molecular complexity index is 316. The van der Waals surface area contributed by atoms with Crippen molar-refractivity contribution in [1.29, 1.82) is 0 Å². The van der Waals surface area contributed by atoms with Gasteiger partial charge in [-0.3, -0.25) is 9.79 Å². The third-order valence-corrected chi connectivity index (χ3v) is 4.04. The number of carboxylic acid groups (broad SMARTS) is 1. The molecule has 1 rings (SSSR count). The van der Waals surface area contributed by atoms with Crippen LogP contribution < -0.4 is 0 Å². The number of amidine groups is 1. The molecule has 0 radical (unpaired) electrons. The molecule has 0 aliphatic carbocycles. The number of carbonyl (C=O) groups is 1. The van der Waals surface area contributed by atoms with Gasteiger partial charge in [-0.2, -0.15) is 0 Å². The smallest absolute Gasteiger partial charge is 0.305 e. The zero-order valence-corrected chi connectivity index (χ0v) is 13.1. The summed E-state index contributed by atoms with van der Waals surface area (Å²) in [5, 5.41) is 8.99. The number of hydrogen-bond acceptors (Lipinski definition) is 3. The zero-order valence-electron chi connectivity index (χ0n) is 13.1. The Morgan fingerprint density at radius 3 is 2.60 bits per heavy atom. The molecule has 116 valence electrons. The van der Waals surface area contributed by atoms with Gasteiger partial charge in [-0.25, -0.2) is 0 Å². The normalized spacial score (nSPS) is 16.3. The quantitative estimate of drug-likeness (QED) is 0.588. The molecule has 1 heterocycles. The van der Waals surface area contributed by atoms with Crippen LogP contribution in [0.3, 0.4) is 0 Å². The molecule has 0 aromatic carbocycles. The second-order valence-electron chi connectivity index (χ2n) is 5.67. The summed E-state index contributed by atoms with van der Waals surface area (Å²) < 4.78 is 0. The lowest BCUT2D eigenvalue weighted by atomic mass is 10.1. The van der Waals surface area contributed by atoms with Crippen LogP contribution in [0.2, 0.25) is 0 Å². The van der Waals surface area contributed by atoms with E-state index in [0.717, 1.165) is 31.8 Å². The van der Waals surface area contributed by atoms with Crippen molar-refractivity contribution in [3.8, 4) is 0 Å². The summed E-state index contributed by atoms with van der Waals surface area (Å²) in [6, 6.07) is 0.119. The molecule has 1 unspecified atom stereocenters. The monoisotopic (exact) mass is 282 g/mol. The van der Waals surface area contributed by atoms with Gasteiger partial charge < -0.3 is 10.0 Å². The Morgan fingerprint density at radius 2 is 1.95 bits per heavy atom. The van der Waals surface area contributed by atoms with Gasteiger partial charge in [-0.05, 0) is 12.8 Å². The van der Waals surface area contributed by atoms with Gasteiger partial charge in [-0.15, -0.1) is 0 Å². The van der Waals surface area contributed by atoms with Crippen molar-refractivity contribution in [2.75, 3.05) is 13.1 Å². The van der Waals surface area contributed by atoms with Crippen molar-refractivity contribution in [3.63, 3.8) is 0 Å². The minimum atomic E-state index is -0.706. The lowest BCUT2D eigenvalue weighted by molar-refractivity contribution is -0.138. The number of nitrogens with zero attached hydrogens (tertiary/aromatic N) is 2. The first-order valence-electron chi connectivity index (χ1n) is 8.20. The molecule has 20 heavy (non-hydrogen) atoms. The van der Waals surface area contributed by atoms with E-state index >= 15 is 0 Å². The van der Waals surface area contributed by atoms with Crippen molar-refractivity contribution < 1.29 is 9.90 Å². The molecule has 4 heteroatoms. The van der Waals surface area contributed by atoms with Crippen molar-refractivity contribution in [2.45, 2.75) is 77.7 Å². The average molecular weight is 282 g/mol. The van der Waals surface area contributed by atoms with Crippen LogP contribution in [0, 0.1) is 0 Å². The Kier molecular flexibility index (Phi) is 8.31. The van der Waals surface area contributed by atoms with E-state index in [4.69, 9.17) is 5.11 Å². The highest BCUT2D eigenvalue weighted by Gasteiger charge is 2.25. The second-order valence-corrected chi connectivity index (χ2v) is 5.67. The van der Waals surface area contributed by atoms with Gasteiger partial charge in [0.15, 0.2) is 0 Å². The summed E-state index contributed by atoms with van der Waals surface area (Å²) >= 11 is 0. The van der Waals surface area contributed by atoms with Crippen LogP contribution in [0.15, 0.2) is 4.99 Å². The Balaban J connectivity index is 2.31. The number of aliphatic imine (C=N–C) groups is 1. The average Bonchev–Trinajstić information content (AvgIpc) is 2.88. The first kappa shape index (κ1) is 17.0. The number of carboxylic acids is 1. The molecule has 1 aliphatic rings. The minimum absolute atomic E-state index is 0.119. The lowest BCUT2D eigenvalue weighted by Gasteiger charge is -2.29. The maximum Gasteiger partial charge on any atom is 0.305 e. The van der Waals surface area contributed by atoms with Gasteiger partial charge in [0.2, 0.25) is 0 Å². The summed E-state index contributed by atoms with van der Waals surface area (Å²) in [5.41, 5.74) is 0. The van der Waals surface area contributed by atoms with E-state index in [1.54, 1.807) is 0 Å². The first-order chi connectivity index (χ1) is 9.69. The van der Waals surface area contributed by atoms with Crippen molar-refractivity contribution in [3.05, 3.63) is 0 Å². The van der Waals surface area contributed by atoms with Gasteiger partial charge >= 0.3 is 5.97 Å². The number of aliphatic carboxylic acids is 1. The summed E-state index contributed by atoms with van der Waals surface area (Å²) in [6.45, 7) is 6.03. The van der Waals surface area contributed by atoms with Crippen LogP contribution in [0.1, 0.15) is 71.6 Å². The SMILES string of the molecule is CCCCCCCCC1=NCCN1C(CC)CC(=O)O. The summed E-state index contributed by atoms with van der Waals surface area (Å²) in [6.07, 6.45) is 9.84. The van der Waals surface area contributed by atoms with Crippen molar-refractivity contribution in [1.82, 2.24) is 4.90 Å². The highest BCUT2D eigenvalue weighted by Crippen LogP contribution is 2.18. The molecule has 0 aromatic rings. The van der Waals surface area contributed by atoms with Crippen LogP contribution in [-0.2, 0) is 4.79 Å². The molecule has 0 fully saturated rings. The topological polar surface area (TPSA) is 52.9 Å². The predicted molar refractivity (Wildman–Crippen MR) is 83.3 cm³/mol. The zero-order chi connectivity index (χ0) is 14.8. The van der Waals surface area contributed by atoms with Crippen LogP contribution in [-0.4, -0.2) is 40.9 Å². The first-order valence-corrected chi connectivity index (χ1v) is 8.20. The highest BCUT2D eigenvalue weighted by atomic mass is 16.4. The summed E-state index contributed by atoms with van der Waals surface area (Å²) in [5.74, 6) is 0.441. The van der Waals surface area contributed by atoms with Crippen LogP contribution in [0.5, 0.6) is 0 Å². The fourth-order valence-electron chi connectivity index (χ4n) is 2.86. The molecule has 1 atom stereocenters. The number of rotatable bonds is 11. The van der Waals surface area contributed by atoms with E-state index in [2.05, 4.69) is 23.7 Å². The molecule has 0 saturated carbocycles. The van der Waals surface area contributed by atoms with E-state index < -0.39 is 5.97 Å². The molecule has 0 aromatic heterocycles. The van der Waals surface area contributed by atoms with Crippen LogP contribution in [0.4, 0.5) is 0 Å². The van der Waals surface area contributed by atoms with Crippen LogP contribution in [0.25, 0.3) is 0 Å². The van der Waals surface area contributed by atoms with E-state index in [9.17, 15) is 4.79 Å². The maximum absolute atomic E-state index is 10.9. The molecule has 1 aliphatic heterocycles. The Hall–Kier alpha value is -1.06. The summed E-state index contributed by atoms with van der Waals surface area (Å²) in [7, 11) is 0. The standard InChI is InChI=1S/C16H30N2O2/c1-3-5-6-7-8-9-10-15-17-11-12-18(15)14(4-2)13-16(19)20/h14H,3-13H2,1-2H3,(H,19,20). The van der Waals surface area contributed by atoms with E-state index in [-0.39, 0.29) is 12.5 Å². The molecule has 0 saturated heterocycles. The van der Waals surface area contributed by atoms with Gasteiger partial charge in [-0.1, -0.05) is 46.0 Å². The van der Waals surface area contributed by atoms with Gasteiger partial charge in [0, 0.05) is 19.0 Å². The van der Waals surface area contributed by atoms with Crippen LogP contribution >= 0.6 is 0 Å². The second kappa shape index (κ2) is 9.78. The molecular formula is C16H30N2O2. The third kappa shape index (κ3) is 5.93. The largest absolute Gasteiger partial charge is 0.481 e. The molecule has 1 N–H and O–H groups in total. The van der Waals surface area contributed by atoms with E-state index in [0.29, 0.717) is 0 Å². The summed E-state index contributed by atoms with van der Waals surface area (Å²) in [4.78, 5) is 17.7. The van der Waals surface area contributed by atoms with Crippen molar-refractivity contribution in [2.24, 2.45) is 4.99 Å². The Morgan fingerprint density at radius 1 is 1.25 bits per heavy atom. The lowest BCUT2D eigenvalue weighted by Crippen LogP contribution is -2.39. The van der Waals surface area contributed by atoms with Crippen molar-refractivity contribution >= 4 is 11.8 Å². The highest BCUT2D eigenvalue weighted by molar-refractivity contribution is 5.84. The molecule has 0 amide bonds.